The van der Waals surface area contributed by atoms with Crippen LogP contribution in [0.2, 0.25) is 0 Å². The number of methoxy groups -OCH3 is 1. The van der Waals surface area contributed by atoms with Crippen LogP contribution in [-0.2, 0) is 0 Å². The molecule has 0 amide bonds. The van der Waals surface area contributed by atoms with Gasteiger partial charge < -0.3 is 14.6 Å². The molecule has 0 saturated carbocycles. The number of ether oxygens (including phenoxy) is 1. The minimum absolute atomic E-state index is 0.559. The third-order valence-corrected chi connectivity index (χ3v) is 1.88. The van der Waals surface area contributed by atoms with Gasteiger partial charge in [0.1, 0.15) is 17.1 Å². The molecule has 0 aliphatic rings. The molecule has 0 unspecified atom stereocenters. The van der Waals surface area contributed by atoms with Gasteiger partial charge in [0.25, 0.3) is 0 Å². The summed E-state index contributed by atoms with van der Waals surface area (Å²) in [6.07, 6.45) is 1.19. The molecular formula is C10H9NO2. The summed E-state index contributed by atoms with van der Waals surface area (Å²) in [7, 11) is 1.62. The Morgan fingerprint density at radius 3 is 2.92 bits per heavy atom. The van der Waals surface area contributed by atoms with Crippen LogP contribution in [0.15, 0.2) is 28.7 Å². The lowest BCUT2D eigenvalue weighted by atomic mass is 10.2. The average molecular weight is 175 g/mol. The van der Waals surface area contributed by atoms with Gasteiger partial charge in [-0.25, -0.2) is 0 Å². The molecule has 0 saturated heterocycles. The fraction of sp³-hybridized carbons (Fsp3) is 0.100. The second-order valence-corrected chi connectivity index (χ2v) is 2.70. The maximum absolute atomic E-state index is 7.02. The highest BCUT2D eigenvalue weighted by Gasteiger charge is 2.01. The van der Waals surface area contributed by atoms with Gasteiger partial charge in [0.05, 0.1) is 13.3 Å². The second kappa shape index (κ2) is 2.94. The minimum Gasteiger partial charge on any atom is -0.497 e. The van der Waals surface area contributed by atoms with Crippen molar-refractivity contribution in [2.24, 2.45) is 0 Å². The van der Waals surface area contributed by atoms with Crippen molar-refractivity contribution >= 4 is 17.2 Å². The van der Waals surface area contributed by atoms with Crippen molar-refractivity contribution in [3.63, 3.8) is 0 Å². The van der Waals surface area contributed by atoms with Crippen LogP contribution in [0.5, 0.6) is 5.75 Å². The summed E-state index contributed by atoms with van der Waals surface area (Å²) in [5.41, 5.74) is 0.777. The second-order valence-electron chi connectivity index (χ2n) is 2.70. The van der Waals surface area contributed by atoms with Crippen molar-refractivity contribution in [3.05, 3.63) is 30.0 Å². The zero-order valence-electron chi connectivity index (χ0n) is 7.20. The summed E-state index contributed by atoms with van der Waals surface area (Å²) in [6.45, 7) is 0. The molecule has 2 aromatic rings. The van der Waals surface area contributed by atoms with Gasteiger partial charge in [0.15, 0.2) is 0 Å². The Morgan fingerprint density at radius 1 is 1.38 bits per heavy atom. The van der Waals surface area contributed by atoms with Gasteiger partial charge >= 0.3 is 0 Å². The highest BCUT2D eigenvalue weighted by Crippen LogP contribution is 2.23. The van der Waals surface area contributed by atoms with E-state index in [0.29, 0.717) is 5.76 Å². The zero-order chi connectivity index (χ0) is 9.26. The number of rotatable bonds is 2. The molecule has 66 valence electrons. The minimum atomic E-state index is 0.559. The Morgan fingerprint density at radius 2 is 2.23 bits per heavy atom. The first kappa shape index (κ1) is 7.86. The van der Waals surface area contributed by atoms with Gasteiger partial charge in [-0.05, 0) is 24.3 Å². The first-order chi connectivity index (χ1) is 6.33. The Kier molecular flexibility index (Phi) is 1.77. The summed E-state index contributed by atoms with van der Waals surface area (Å²) in [6, 6.07) is 7.36. The maximum atomic E-state index is 7.02. The van der Waals surface area contributed by atoms with E-state index < -0.39 is 0 Å². The number of fused-ring (bicyclic) bond motifs is 1. The number of benzene rings is 1. The van der Waals surface area contributed by atoms with Crippen molar-refractivity contribution in [1.82, 2.24) is 0 Å². The molecule has 0 fully saturated rings. The molecular weight excluding hydrogens is 166 g/mol. The first-order valence-corrected chi connectivity index (χ1v) is 3.91. The summed E-state index contributed by atoms with van der Waals surface area (Å²) in [4.78, 5) is 0. The van der Waals surface area contributed by atoms with Crippen molar-refractivity contribution in [3.8, 4) is 5.75 Å². The van der Waals surface area contributed by atoms with Crippen molar-refractivity contribution in [2.75, 3.05) is 7.11 Å². The van der Waals surface area contributed by atoms with Crippen LogP contribution in [0.3, 0.4) is 0 Å². The molecule has 0 bridgehead atoms. The molecule has 0 atom stereocenters. The Bertz CT molecular complexity index is 445. The lowest BCUT2D eigenvalue weighted by molar-refractivity contribution is 0.415. The van der Waals surface area contributed by atoms with Gasteiger partial charge in [-0.1, -0.05) is 0 Å². The van der Waals surface area contributed by atoms with E-state index in [9.17, 15) is 0 Å². The van der Waals surface area contributed by atoms with Crippen LogP contribution < -0.4 is 4.74 Å². The van der Waals surface area contributed by atoms with Gasteiger partial charge in [-0.2, -0.15) is 0 Å². The lowest BCUT2D eigenvalue weighted by Crippen LogP contribution is -1.79. The standard InChI is InChI=1S/C10H9NO2/c1-12-8-2-3-10-7(4-8)5-9(6-11)13-10/h2-6,11H,1H3. The normalized spacial score (nSPS) is 10.2. The number of furan rings is 1. The largest absolute Gasteiger partial charge is 0.497 e. The number of hydrogen-bond acceptors (Lipinski definition) is 3. The Labute approximate surface area is 75.4 Å². The van der Waals surface area contributed by atoms with Crippen molar-refractivity contribution in [1.29, 1.82) is 5.41 Å². The third-order valence-electron chi connectivity index (χ3n) is 1.88. The zero-order valence-corrected chi connectivity index (χ0v) is 7.20. The smallest absolute Gasteiger partial charge is 0.145 e. The first-order valence-electron chi connectivity index (χ1n) is 3.91. The van der Waals surface area contributed by atoms with Crippen molar-refractivity contribution in [2.45, 2.75) is 0 Å². The molecule has 13 heavy (non-hydrogen) atoms. The van der Waals surface area contributed by atoms with Crippen LogP contribution in [0.4, 0.5) is 0 Å². The monoisotopic (exact) mass is 175 g/mol. The molecule has 0 aliphatic carbocycles. The Balaban J connectivity index is 2.63. The fourth-order valence-electron chi connectivity index (χ4n) is 1.24. The van der Waals surface area contributed by atoms with E-state index in [1.165, 1.54) is 6.21 Å². The van der Waals surface area contributed by atoms with E-state index in [2.05, 4.69) is 0 Å². The van der Waals surface area contributed by atoms with Gasteiger partial charge in [-0.15, -0.1) is 0 Å². The van der Waals surface area contributed by atoms with Crippen LogP contribution in [0.1, 0.15) is 5.76 Å². The lowest BCUT2D eigenvalue weighted by Gasteiger charge is -1.96. The summed E-state index contributed by atoms with van der Waals surface area (Å²) >= 11 is 0. The van der Waals surface area contributed by atoms with E-state index in [1.807, 2.05) is 24.3 Å². The van der Waals surface area contributed by atoms with E-state index >= 15 is 0 Å². The van der Waals surface area contributed by atoms with E-state index in [-0.39, 0.29) is 0 Å². The van der Waals surface area contributed by atoms with E-state index in [1.54, 1.807) is 7.11 Å². The van der Waals surface area contributed by atoms with E-state index in [0.717, 1.165) is 16.7 Å². The molecule has 2 rings (SSSR count). The van der Waals surface area contributed by atoms with Crippen LogP contribution >= 0.6 is 0 Å². The summed E-state index contributed by atoms with van der Waals surface area (Å²) in [5, 5.41) is 7.98. The molecule has 1 aromatic heterocycles. The number of nitrogens with one attached hydrogen (secondary N) is 1. The predicted octanol–water partition coefficient (Wildman–Crippen LogP) is 2.44. The highest BCUT2D eigenvalue weighted by atomic mass is 16.5. The number of hydrogen-bond donors (Lipinski definition) is 1. The quantitative estimate of drug-likeness (QED) is 0.712. The van der Waals surface area contributed by atoms with Crippen molar-refractivity contribution < 1.29 is 9.15 Å². The predicted molar refractivity (Wildman–Crippen MR) is 50.7 cm³/mol. The molecule has 1 N–H and O–H groups in total. The topological polar surface area (TPSA) is 46.2 Å². The van der Waals surface area contributed by atoms with Crippen LogP contribution in [0, 0.1) is 5.41 Å². The third kappa shape index (κ3) is 1.28. The molecule has 3 heteroatoms. The SMILES string of the molecule is COc1ccc2oc(C=N)cc2c1. The average Bonchev–Trinajstić information content (AvgIpc) is 2.58. The van der Waals surface area contributed by atoms with Crippen LogP contribution in [-0.4, -0.2) is 13.3 Å². The summed E-state index contributed by atoms with van der Waals surface area (Å²) < 4.78 is 10.4. The van der Waals surface area contributed by atoms with Crippen LogP contribution in [0.25, 0.3) is 11.0 Å². The molecule has 0 spiro atoms. The van der Waals surface area contributed by atoms with Gasteiger partial charge in [-0.3, -0.25) is 0 Å². The molecule has 0 aliphatic heterocycles. The molecule has 1 heterocycles. The summed E-state index contributed by atoms with van der Waals surface area (Å²) in [5.74, 6) is 1.35. The highest BCUT2D eigenvalue weighted by molar-refractivity contribution is 5.86. The fourth-order valence-corrected chi connectivity index (χ4v) is 1.24. The Hall–Kier alpha value is -1.77. The molecule has 3 nitrogen and oxygen atoms in total. The molecule has 1 aromatic carbocycles. The maximum Gasteiger partial charge on any atom is 0.145 e. The molecule has 0 radical (unpaired) electrons. The van der Waals surface area contributed by atoms with Gasteiger partial charge in [0, 0.05) is 5.39 Å². The van der Waals surface area contributed by atoms with E-state index in [4.69, 9.17) is 14.6 Å². The van der Waals surface area contributed by atoms with Gasteiger partial charge in [0.2, 0.25) is 0 Å².